The summed E-state index contributed by atoms with van der Waals surface area (Å²) in [5, 5.41) is 9.25. The summed E-state index contributed by atoms with van der Waals surface area (Å²) >= 11 is 0. The van der Waals surface area contributed by atoms with Gasteiger partial charge in [0.05, 0.1) is 17.2 Å². The molecule has 1 aliphatic rings. The van der Waals surface area contributed by atoms with Gasteiger partial charge in [-0.1, -0.05) is 42.5 Å². The van der Waals surface area contributed by atoms with Crippen molar-refractivity contribution < 1.29 is 24.2 Å². The highest BCUT2D eigenvalue weighted by atomic mass is 16.5. The summed E-state index contributed by atoms with van der Waals surface area (Å²) in [4.78, 5) is 22.3. The normalized spacial score (nSPS) is 13.4. The number of cyclic esters (lactones) is 1. The highest BCUT2D eigenvalue weighted by Gasteiger charge is 2.14. The minimum atomic E-state index is -0.570. The summed E-state index contributed by atoms with van der Waals surface area (Å²) in [6.45, 7) is 3.52. The lowest BCUT2D eigenvalue weighted by Crippen LogP contribution is -2.14. The highest BCUT2D eigenvalue weighted by Crippen LogP contribution is 2.21. The summed E-state index contributed by atoms with van der Waals surface area (Å²) < 4.78 is 9.71. The summed E-state index contributed by atoms with van der Waals surface area (Å²) in [6.07, 6.45) is 0.863. The van der Waals surface area contributed by atoms with Crippen LogP contribution in [0, 0.1) is 0 Å². The molecule has 0 aromatic heterocycles. The fourth-order valence-corrected chi connectivity index (χ4v) is 1.96. The molecule has 3 rings (SSSR count). The maximum Gasteiger partial charge on any atom is 0.341 e. The Morgan fingerprint density at radius 2 is 1.72 bits per heavy atom. The molecule has 1 heterocycles. The molecule has 130 valence electrons. The number of rotatable bonds is 5. The first kappa shape index (κ1) is 18.4. The minimum absolute atomic E-state index is 0.0817. The van der Waals surface area contributed by atoms with Gasteiger partial charge in [-0.3, -0.25) is 4.79 Å². The summed E-state index contributed by atoms with van der Waals surface area (Å²) in [6, 6.07) is 16.1. The quantitative estimate of drug-likeness (QED) is 0.669. The molecule has 0 saturated carbocycles. The SMILES string of the molecule is CC(O)COc1ccccc1C(=O)c1ccccc1.CC1=COC1=O. The fourth-order valence-electron chi connectivity index (χ4n) is 1.96. The van der Waals surface area contributed by atoms with Gasteiger partial charge in [-0.2, -0.15) is 0 Å². The Hall–Kier alpha value is -2.92. The van der Waals surface area contributed by atoms with Crippen molar-refractivity contribution in [1.29, 1.82) is 0 Å². The number of carbonyl (C=O) groups excluding carboxylic acids is 2. The minimum Gasteiger partial charge on any atom is -0.490 e. The van der Waals surface area contributed by atoms with Crippen molar-refractivity contribution in [3.8, 4) is 5.75 Å². The molecule has 1 aliphatic heterocycles. The molecule has 25 heavy (non-hydrogen) atoms. The van der Waals surface area contributed by atoms with Crippen molar-refractivity contribution in [2.24, 2.45) is 0 Å². The molecule has 0 bridgehead atoms. The van der Waals surface area contributed by atoms with E-state index in [9.17, 15) is 14.7 Å². The molecular weight excluding hydrogens is 320 g/mol. The van der Waals surface area contributed by atoms with Gasteiger partial charge >= 0.3 is 5.97 Å². The third kappa shape index (κ3) is 5.29. The average Bonchev–Trinajstić information content (AvgIpc) is 2.65. The van der Waals surface area contributed by atoms with Crippen molar-refractivity contribution in [1.82, 2.24) is 0 Å². The van der Waals surface area contributed by atoms with E-state index < -0.39 is 6.10 Å². The number of benzene rings is 2. The van der Waals surface area contributed by atoms with E-state index in [1.54, 1.807) is 50.2 Å². The van der Waals surface area contributed by atoms with Gasteiger partial charge in [-0.05, 0) is 26.0 Å². The van der Waals surface area contributed by atoms with Gasteiger partial charge in [-0.25, -0.2) is 4.79 Å². The highest BCUT2D eigenvalue weighted by molar-refractivity contribution is 6.10. The van der Waals surface area contributed by atoms with Crippen molar-refractivity contribution >= 4 is 11.8 Å². The van der Waals surface area contributed by atoms with Crippen molar-refractivity contribution in [2.75, 3.05) is 6.61 Å². The standard InChI is InChI=1S/C16H16O3.C4H4O2/c1-12(17)11-19-15-10-6-5-9-14(15)16(18)13-7-3-2-4-8-13;1-3-2-6-4(3)5/h2-10,12,17H,11H2,1H3;2H,1H3. The number of aliphatic hydroxyl groups is 1. The van der Waals surface area contributed by atoms with Crippen LogP contribution in [0.4, 0.5) is 0 Å². The van der Waals surface area contributed by atoms with E-state index in [0.29, 0.717) is 22.4 Å². The zero-order valence-electron chi connectivity index (χ0n) is 14.1. The Morgan fingerprint density at radius 1 is 1.12 bits per heavy atom. The molecule has 1 unspecified atom stereocenters. The van der Waals surface area contributed by atoms with E-state index in [-0.39, 0.29) is 18.4 Å². The van der Waals surface area contributed by atoms with Crippen LogP contribution in [0.5, 0.6) is 5.75 Å². The van der Waals surface area contributed by atoms with E-state index in [4.69, 9.17) is 4.74 Å². The molecular formula is C20H20O5. The zero-order valence-corrected chi connectivity index (χ0v) is 14.1. The van der Waals surface area contributed by atoms with Gasteiger partial charge in [0.1, 0.15) is 18.6 Å². The average molecular weight is 340 g/mol. The molecule has 0 saturated heterocycles. The molecule has 0 radical (unpaired) electrons. The number of para-hydroxylation sites is 1. The van der Waals surface area contributed by atoms with E-state index in [1.807, 2.05) is 18.2 Å². The maximum absolute atomic E-state index is 12.4. The van der Waals surface area contributed by atoms with Crippen LogP contribution in [0.15, 0.2) is 66.4 Å². The van der Waals surface area contributed by atoms with Gasteiger partial charge in [-0.15, -0.1) is 0 Å². The molecule has 2 aromatic rings. The molecule has 2 aromatic carbocycles. The first-order valence-electron chi connectivity index (χ1n) is 7.86. The second kappa shape index (κ2) is 8.80. The molecule has 0 spiro atoms. The first-order valence-corrected chi connectivity index (χ1v) is 7.86. The van der Waals surface area contributed by atoms with Crippen LogP contribution >= 0.6 is 0 Å². The lowest BCUT2D eigenvalue weighted by molar-refractivity contribution is -0.138. The Kier molecular flexibility index (Phi) is 6.48. The lowest BCUT2D eigenvalue weighted by atomic mass is 10.0. The van der Waals surface area contributed by atoms with Crippen LogP contribution in [0.3, 0.4) is 0 Å². The Labute approximate surface area is 146 Å². The van der Waals surface area contributed by atoms with Crippen LogP contribution < -0.4 is 4.74 Å². The van der Waals surface area contributed by atoms with Gasteiger partial charge in [0.15, 0.2) is 5.78 Å². The molecule has 0 aliphatic carbocycles. The van der Waals surface area contributed by atoms with Crippen LogP contribution in [0.2, 0.25) is 0 Å². The Bertz CT molecular complexity index is 763. The van der Waals surface area contributed by atoms with Crippen LogP contribution in [0.25, 0.3) is 0 Å². The fraction of sp³-hybridized carbons (Fsp3) is 0.200. The number of ketones is 1. The predicted octanol–water partition coefficient (Wildman–Crippen LogP) is 3.12. The third-order valence-electron chi connectivity index (χ3n) is 3.31. The predicted molar refractivity (Wildman–Crippen MR) is 93.3 cm³/mol. The third-order valence-corrected chi connectivity index (χ3v) is 3.31. The number of ether oxygens (including phenoxy) is 2. The smallest absolute Gasteiger partial charge is 0.341 e. The van der Waals surface area contributed by atoms with Gasteiger partial charge < -0.3 is 14.6 Å². The topological polar surface area (TPSA) is 72.8 Å². The van der Waals surface area contributed by atoms with Gasteiger partial charge in [0.25, 0.3) is 0 Å². The van der Waals surface area contributed by atoms with E-state index in [1.165, 1.54) is 6.26 Å². The number of carbonyl (C=O) groups is 2. The van der Waals surface area contributed by atoms with Crippen molar-refractivity contribution in [2.45, 2.75) is 20.0 Å². The van der Waals surface area contributed by atoms with E-state index in [0.717, 1.165) is 0 Å². The van der Waals surface area contributed by atoms with Crippen molar-refractivity contribution in [3.05, 3.63) is 77.6 Å². The zero-order chi connectivity index (χ0) is 18.2. The van der Waals surface area contributed by atoms with Crippen LogP contribution in [-0.2, 0) is 9.53 Å². The molecule has 1 atom stereocenters. The Morgan fingerprint density at radius 3 is 2.24 bits per heavy atom. The second-order valence-electron chi connectivity index (χ2n) is 5.56. The van der Waals surface area contributed by atoms with Crippen LogP contribution in [-0.4, -0.2) is 29.6 Å². The molecule has 5 heteroatoms. The largest absolute Gasteiger partial charge is 0.490 e. The molecule has 0 amide bonds. The van der Waals surface area contributed by atoms with E-state index in [2.05, 4.69) is 4.74 Å². The number of hydrogen-bond acceptors (Lipinski definition) is 5. The Balaban J connectivity index is 0.000000316. The van der Waals surface area contributed by atoms with Gasteiger partial charge in [0.2, 0.25) is 0 Å². The molecule has 0 fully saturated rings. The summed E-state index contributed by atoms with van der Waals surface area (Å²) in [7, 11) is 0. The molecule has 1 N–H and O–H groups in total. The number of aliphatic hydroxyl groups excluding tert-OH is 1. The molecule has 5 nitrogen and oxygen atoms in total. The van der Waals surface area contributed by atoms with Crippen LogP contribution in [0.1, 0.15) is 29.8 Å². The number of hydrogen-bond donors (Lipinski definition) is 1. The van der Waals surface area contributed by atoms with Gasteiger partial charge in [0, 0.05) is 5.56 Å². The number of esters is 1. The summed E-state index contributed by atoms with van der Waals surface area (Å²) in [5.74, 6) is 0.217. The maximum atomic E-state index is 12.4. The monoisotopic (exact) mass is 340 g/mol. The van der Waals surface area contributed by atoms with Crippen molar-refractivity contribution in [3.63, 3.8) is 0 Å². The first-order chi connectivity index (χ1) is 12.0. The summed E-state index contributed by atoms with van der Waals surface area (Å²) in [5.41, 5.74) is 1.83. The lowest BCUT2D eigenvalue weighted by Gasteiger charge is -2.12. The second-order valence-corrected chi connectivity index (χ2v) is 5.56. The van der Waals surface area contributed by atoms with E-state index >= 15 is 0 Å².